The summed E-state index contributed by atoms with van der Waals surface area (Å²) >= 11 is 3.50. The second-order valence-corrected chi connectivity index (χ2v) is 5.56. The van der Waals surface area contributed by atoms with Crippen LogP contribution in [0.4, 0.5) is 5.69 Å². The SMILES string of the molecule is CC1CN(c2ccc(CO)c(Br)c2)CCN1C. The maximum atomic E-state index is 9.15. The summed E-state index contributed by atoms with van der Waals surface area (Å²) in [7, 11) is 2.17. The molecule has 17 heavy (non-hydrogen) atoms. The molecule has 1 aliphatic heterocycles. The summed E-state index contributed by atoms with van der Waals surface area (Å²) in [6.07, 6.45) is 0. The number of piperazine rings is 1. The van der Waals surface area contributed by atoms with Crippen molar-refractivity contribution in [3.63, 3.8) is 0 Å². The molecule has 0 aliphatic carbocycles. The van der Waals surface area contributed by atoms with Gasteiger partial charge in [-0.15, -0.1) is 0 Å². The summed E-state index contributed by atoms with van der Waals surface area (Å²) in [4.78, 5) is 4.78. The van der Waals surface area contributed by atoms with Crippen molar-refractivity contribution in [3.05, 3.63) is 28.2 Å². The molecule has 94 valence electrons. The lowest BCUT2D eigenvalue weighted by Gasteiger charge is -2.39. The fourth-order valence-electron chi connectivity index (χ4n) is 2.14. The Morgan fingerprint density at radius 2 is 2.18 bits per heavy atom. The van der Waals surface area contributed by atoms with Gasteiger partial charge in [0.15, 0.2) is 0 Å². The van der Waals surface area contributed by atoms with Gasteiger partial charge in [-0.3, -0.25) is 0 Å². The molecule has 0 aromatic heterocycles. The molecule has 1 unspecified atom stereocenters. The Bertz CT molecular complexity index is 397. The minimum absolute atomic E-state index is 0.0833. The van der Waals surface area contributed by atoms with Crippen LogP contribution < -0.4 is 4.90 Å². The number of benzene rings is 1. The van der Waals surface area contributed by atoms with Crippen LogP contribution >= 0.6 is 15.9 Å². The fraction of sp³-hybridized carbons (Fsp3) is 0.538. The number of aliphatic hydroxyl groups excluding tert-OH is 1. The van der Waals surface area contributed by atoms with Crippen molar-refractivity contribution in [2.45, 2.75) is 19.6 Å². The Balaban J connectivity index is 2.15. The molecular weight excluding hydrogens is 280 g/mol. The third kappa shape index (κ3) is 2.81. The number of aliphatic hydroxyl groups is 1. The van der Waals surface area contributed by atoms with Crippen LogP contribution in [0.3, 0.4) is 0 Å². The number of halogens is 1. The highest BCUT2D eigenvalue weighted by Gasteiger charge is 2.20. The number of hydrogen-bond donors (Lipinski definition) is 1. The molecule has 0 spiro atoms. The molecule has 3 nitrogen and oxygen atoms in total. The zero-order valence-corrected chi connectivity index (χ0v) is 11.9. The molecule has 2 rings (SSSR count). The first-order chi connectivity index (χ1) is 8.11. The van der Waals surface area contributed by atoms with E-state index >= 15 is 0 Å². The van der Waals surface area contributed by atoms with Gasteiger partial charge in [0.2, 0.25) is 0 Å². The predicted molar refractivity (Wildman–Crippen MR) is 74.4 cm³/mol. The van der Waals surface area contributed by atoms with E-state index in [2.05, 4.69) is 51.8 Å². The van der Waals surface area contributed by atoms with Crippen LogP contribution in [-0.4, -0.2) is 42.7 Å². The number of likely N-dealkylation sites (N-methyl/N-ethyl adjacent to an activating group) is 1. The molecule has 1 aromatic rings. The van der Waals surface area contributed by atoms with E-state index in [1.165, 1.54) is 5.69 Å². The minimum Gasteiger partial charge on any atom is -0.392 e. The second kappa shape index (κ2) is 5.38. The van der Waals surface area contributed by atoms with Crippen LogP contribution in [0, 0.1) is 0 Å². The molecule has 4 heteroatoms. The topological polar surface area (TPSA) is 26.7 Å². The Hall–Kier alpha value is -0.580. The zero-order chi connectivity index (χ0) is 12.4. The normalized spacial score (nSPS) is 21.9. The molecule has 0 bridgehead atoms. The van der Waals surface area contributed by atoms with Gasteiger partial charge in [-0.05, 0) is 31.7 Å². The Morgan fingerprint density at radius 1 is 1.41 bits per heavy atom. The van der Waals surface area contributed by atoms with Crippen molar-refractivity contribution >= 4 is 21.6 Å². The van der Waals surface area contributed by atoms with Crippen LogP contribution in [0.25, 0.3) is 0 Å². The standard InChI is InChI=1S/C13H19BrN2O/c1-10-8-16(6-5-15(10)2)12-4-3-11(9-17)13(14)7-12/h3-4,7,10,17H,5-6,8-9H2,1-2H3. The van der Waals surface area contributed by atoms with E-state index in [-0.39, 0.29) is 6.61 Å². The first kappa shape index (κ1) is 12.9. The minimum atomic E-state index is 0.0833. The van der Waals surface area contributed by atoms with E-state index < -0.39 is 0 Å². The lowest BCUT2D eigenvalue weighted by atomic mass is 10.1. The van der Waals surface area contributed by atoms with Crippen molar-refractivity contribution in [1.29, 1.82) is 0 Å². The van der Waals surface area contributed by atoms with Gasteiger partial charge < -0.3 is 14.9 Å². The molecule has 1 saturated heterocycles. The van der Waals surface area contributed by atoms with Gasteiger partial charge in [-0.1, -0.05) is 22.0 Å². The van der Waals surface area contributed by atoms with Crippen molar-refractivity contribution < 1.29 is 5.11 Å². The van der Waals surface area contributed by atoms with Gasteiger partial charge in [0.1, 0.15) is 0 Å². The van der Waals surface area contributed by atoms with Gasteiger partial charge in [0.05, 0.1) is 6.61 Å². The smallest absolute Gasteiger partial charge is 0.0692 e. The van der Waals surface area contributed by atoms with Crippen molar-refractivity contribution in [2.75, 3.05) is 31.6 Å². The van der Waals surface area contributed by atoms with E-state index in [9.17, 15) is 0 Å². The van der Waals surface area contributed by atoms with Gasteiger partial charge in [0, 0.05) is 35.8 Å². The lowest BCUT2D eigenvalue weighted by molar-refractivity contribution is 0.234. The molecule has 0 radical (unpaired) electrons. The van der Waals surface area contributed by atoms with Crippen molar-refractivity contribution in [1.82, 2.24) is 4.90 Å². The molecule has 1 aromatic carbocycles. The summed E-state index contributed by atoms with van der Waals surface area (Å²) in [6.45, 7) is 5.55. The summed E-state index contributed by atoms with van der Waals surface area (Å²) in [5.74, 6) is 0. The Morgan fingerprint density at radius 3 is 2.76 bits per heavy atom. The molecule has 1 heterocycles. The third-order valence-electron chi connectivity index (χ3n) is 3.53. The predicted octanol–water partition coefficient (Wildman–Crippen LogP) is 2.08. The number of anilines is 1. The van der Waals surface area contributed by atoms with Crippen LogP contribution in [0.15, 0.2) is 22.7 Å². The molecule has 1 fully saturated rings. The molecule has 1 atom stereocenters. The highest BCUT2D eigenvalue weighted by atomic mass is 79.9. The second-order valence-electron chi connectivity index (χ2n) is 4.71. The van der Waals surface area contributed by atoms with Crippen molar-refractivity contribution in [3.8, 4) is 0 Å². The first-order valence-electron chi connectivity index (χ1n) is 5.96. The van der Waals surface area contributed by atoms with E-state index in [0.717, 1.165) is 29.7 Å². The van der Waals surface area contributed by atoms with E-state index in [0.29, 0.717) is 6.04 Å². The highest BCUT2D eigenvalue weighted by Crippen LogP contribution is 2.25. The average molecular weight is 299 g/mol. The fourth-order valence-corrected chi connectivity index (χ4v) is 2.64. The Labute approximate surface area is 111 Å². The Kier molecular flexibility index (Phi) is 4.07. The van der Waals surface area contributed by atoms with Crippen LogP contribution in [0.2, 0.25) is 0 Å². The number of hydrogen-bond acceptors (Lipinski definition) is 3. The first-order valence-corrected chi connectivity index (χ1v) is 6.75. The van der Waals surface area contributed by atoms with Gasteiger partial charge in [0.25, 0.3) is 0 Å². The summed E-state index contributed by atoms with van der Waals surface area (Å²) < 4.78 is 0.990. The van der Waals surface area contributed by atoms with Gasteiger partial charge in [-0.25, -0.2) is 0 Å². The largest absolute Gasteiger partial charge is 0.392 e. The van der Waals surface area contributed by atoms with Gasteiger partial charge >= 0.3 is 0 Å². The molecular formula is C13H19BrN2O. The third-order valence-corrected chi connectivity index (χ3v) is 4.27. The monoisotopic (exact) mass is 298 g/mol. The maximum Gasteiger partial charge on any atom is 0.0692 e. The quantitative estimate of drug-likeness (QED) is 0.906. The molecule has 0 amide bonds. The summed E-state index contributed by atoms with van der Waals surface area (Å²) in [5.41, 5.74) is 2.17. The lowest BCUT2D eigenvalue weighted by Crippen LogP contribution is -2.50. The molecule has 1 N–H and O–H groups in total. The highest BCUT2D eigenvalue weighted by molar-refractivity contribution is 9.10. The average Bonchev–Trinajstić information content (AvgIpc) is 2.32. The van der Waals surface area contributed by atoms with E-state index in [4.69, 9.17) is 5.11 Å². The molecule has 1 aliphatic rings. The van der Waals surface area contributed by atoms with E-state index in [1.54, 1.807) is 0 Å². The van der Waals surface area contributed by atoms with E-state index in [1.807, 2.05) is 6.07 Å². The molecule has 0 saturated carbocycles. The summed E-state index contributed by atoms with van der Waals surface area (Å²) in [5, 5.41) is 9.15. The van der Waals surface area contributed by atoms with Gasteiger partial charge in [-0.2, -0.15) is 0 Å². The van der Waals surface area contributed by atoms with Crippen LogP contribution in [0.1, 0.15) is 12.5 Å². The number of rotatable bonds is 2. The number of nitrogens with zero attached hydrogens (tertiary/aromatic N) is 2. The summed E-state index contributed by atoms with van der Waals surface area (Å²) in [6, 6.07) is 6.76. The zero-order valence-electron chi connectivity index (χ0n) is 10.4. The van der Waals surface area contributed by atoms with Crippen LogP contribution in [-0.2, 0) is 6.61 Å². The maximum absolute atomic E-state index is 9.15. The van der Waals surface area contributed by atoms with Crippen LogP contribution in [0.5, 0.6) is 0 Å². The van der Waals surface area contributed by atoms with Crippen molar-refractivity contribution in [2.24, 2.45) is 0 Å².